The molecule has 7 nitrogen and oxygen atoms in total. The lowest BCUT2D eigenvalue weighted by Gasteiger charge is -2.27. The van der Waals surface area contributed by atoms with Crippen molar-refractivity contribution in [3.05, 3.63) is 65.2 Å². The topological polar surface area (TPSA) is 86.8 Å². The van der Waals surface area contributed by atoms with E-state index in [1.807, 2.05) is 36.1 Å². The average molecular weight is 428 g/mol. The Morgan fingerprint density at radius 3 is 2.67 bits per heavy atom. The zero-order chi connectivity index (χ0) is 21.3. The molecular weight excluding hydrogens is 402 g/mol. The van der Waals surface area contributed by atoms with Gasteiger partial charge in [0.2, 0.25) is 15.9 Å². The van der Waals surface area contributed by atoms with Gasteiger partial charge in [-0.15, -0.1) is 0 Å². The van der Waals surface area contributed by atoms with Crippen molar-refractivity contribution in [1.82, 2.24) is 14.5 Å². The summed E-state index contributed by atoms with van der Waals surface area (Å²) in [4.78, 5) is 26.8. The number of aryl methyl sites for hydroxylation is 1. The fourth-order valence-corrected chi connectivity index (χ4v) is 5.66. The molecule has 0 aromatic heterocycles. The van der Waals surface area contributed by atoms with E-state index >= 15 is 0 Å². The van der Waals surface area contributed by atoms with Crippen LogP contribution in [0.5, 0.6) is 0 Å². The molecule has 0 saturated carbocycles. The van der Waals surface area contributed by atoms with Crippen molar-refractivity contribution < 1.29 is 18.0 Å². The second-order valence-electron chi connectivity index (χ2n) is 7.73. The molecule has 0 spiro atoms. The van der Waals surface area contributed by atoms with Crippen LogP contribution in [0.3, 0.4) is 0 Å². The van der Waals surface area contributed by atoms with Gasteiger partial charge in [-0.05, 0) is 49.1 Å². The molecule has 30 heavy (non-hydrogen) atoms. The number of benzene rings is 2. The highest BCUT2D eigenvalue weighted by molar-refractivity contribution is 7.89. The zero-order valence-electron chi connectivity index (χ0n) is 16.9. The van der Waals surface area contributed by atoms with Gasteiger partial charge in [-0.2, -0.15) is 4.31 Å². The monoisotopic (exact) mass is 427 g/mol. The lowest BCUT2D eigenvalue weighted by atomic mass is 9.99. The first-order chi connectivity index (χ1) is 14.4. The van der Waals surface area contributed by atoms with Crippen LogP contribution in [-0.4, -0.2) is 55.6 Å². The van der Waals surface area contributed by atoms with E-state index in [-0.39, 0.29) is 42.4 Å². The molecule has 1 N–H and O–H groups in total. The molecule has 0 radical (unpaired) electrons. The van der Waals surface area contributed by atoms with Crippen LogP contribution in [0.25, 0.3) is 0 Å². The van der Waals surface area contributed by atoms with Crippen molar-refractivity contribution in [2.24, 2.45) is 0 Å². The van der Waals surface area contributed by atoms with Crippen LogP contribution in [0, 0.1) is 6.92 Å². The van der Waals surface area contributed by atoms with E-state index in [0.29, 0.717) is 12.1 Å². The Hall–Kier alpha value is -2.71. The van der Waals surface area contributed by atoms with Crippen molar-refractivity contribution in [3.8, 4) is 0 Å². The summed E-state index contributed by atoms with van der Waals surface area (Å²) in [6.45, 7) is 2.97. The number of carbonyl (C=O) groups excluding carboxylic acids is 2. The first kappa shape index (κ1) is 20.6. The minimum Gasteiger partial charge on any atom is -0.354 e. The molecule has 2 aromatic carbocycles. The van der Waals surface area contributed by atoms with Crippen molar-refractivity contribution in [2.45, 2.75) is 30.7 Å². The summed E-state index contributed by atoms with van der Waals surface area (Å²) in [6.07, 6.45) is 1.79. The third-order valence-corrected chi connectivity index (χ3v) is 7.62. The van der Waals surface area contributed by atoms with Gasteiger partial charge >= 0.3 is 0 Å². The summed E-state index contributed by atoms with van der Waals surface area (Å²) in [5.74, 6) is -0.496. The summed E-state index contributed by atoms with van der Waals surface area (Å²) in [6, 6.07) is 14.2. The number of piperazine rings is 1. The number of nitrogens with one attached hydrogen (secondary N) is 1. The molecule has 2 fully saturated rings. The van der Waals surface area contributed by atoms with Gasteiger partial charge in [0.1, 0.15) is 0 Å². The Morgan fingerprint density at radius 1 is 1.10 bits per heavy atom. The van der Waals surface area contributed by atoms with Crippen LogP contribution >= 0.6 is 0 Å². The summed E-state index contributed by atoms with van der Waals surface area (Å²) in [5, 5.41) is 2.62. The molecule has 4 rings (SSSR count). The van der Waals surface area contributed by atoms with E-state index in [1.165, 1.54) is 12.1 Å². The van der Waals surface area contributed by atoms with Crippen LogP contribution in [0.1, 0.15) is 40.4 Å². The Kier molecular flexibility index (Phi) is 5.62. The zero-order valence-corrected chi connectivity index (χ0v) is 17.7. The number of sulfonamides is 1. The lowest BCUT2D eigenvalue weighted by Crippen LogP contribution is -2.49. The number of nitrogens with zero attached hydrogens (tertiary/aromatic N) is 2. The van der Waals surface area contributed by atoms with Gasteiger partial charge in [0.15, 0.2) is 0 Å². The summed E-state index contributed by atoms with van der Waals surface area (Å²) >= 11 is 0. The fraction of sp³-hybridized carbons (Fsp3) is 0.364. The molecule has 1 atom stereocenters. The predicted octanol–water partition coefficient (Wildman–Crippen LogP) is 2.09. The molecule has 0 bridgehead atoms. The third kappa shape index (κ3) is 3.85. The first-order valence-electron chi connectivity index (χ1n) is 10.1. The SMILES string of the molecule is Cc1ccccc1C1CCCN1C(=O)c1cccc(S(=O)(=O)N2CCNC(=O)C2)c1. The van der Waals surface area contributed by atoms with Crippen molar-refractivity contribution >= 4 is 21.8 Å². The highest BCUT2D eigenvalue weighted by Gasteiger charge is 2.33. The molecule has 2 aliphatic heterocycles. The van der Waals surface area contributed by atoms with E-state index in [9.17, 15) is 18.0 Å². The van der Waals surface area contributed by atoms with Gasteiger partial charge in [0, 0.05) is 25.2 Å². The maximum atomic E-state index is 13.3. The van der Waals surface area contributed by atoms with Gasteiger partial charge in [0.25, 0.3) is 5.91 Å². The molecule has 2 aromatic rings. The van der Waals surface area contributed by atoms with Crippen LogP contribution in [0.15, 0.2) is 53.4 Å². The lowest BCUT2D eigenvalue weighted by molar-refractivity contribution is -0.122. The van der Waals surface area contributed by atoms with Gasteiger partial charge in [-0.3, -0.25) is 9.59 Å². The van der Waals surface area contributed by atoms with Gasteiger partial charge in [-0.1, -0.05) is 30.3 Å². The van der Waals surface area contributed by atoms with E-state index in [2.05, 4.69) is 5.32 Å². The Bertz CT molecular complexity index is 1080. The second kappa shape index (κ2) is 8.20. The number of hydrogen-bond acceptors (Lipinski definition) is 4. The Balaban J connectivity index is 1.61. The van der Waals surface area contributed by atoms with Crippen molar-refractivity contribution in [2.75, 3.05) is 26.2 Å². The summed E-state index contributed by atoms with van der Waals surface area (Å²) in [5.41, 5.74) is 2.62. The van der Waals surface area contributed by atoms with E-state index < -0.39 is 10.0 Å². The highest BCUT2D eigenvalue weighted by Crippen LogP contribution is 2.35. The Morgan fingerprint density at radius 2 is 1.90 bits per heavy atom. The standard InChI is InChI=1S/C22H25N3O4S/c1-16-6-2-3-9-19(16)20-10-5-12-25(20)22(27)17-7-4-8-18(14-17)30(28,29)24-13-11-23-21(26)15-24/h2-4,6-9,14,20H,5,10-13,15H2,1H3,(H,23,26). The maximum Gasteiger partial charge on any atom is 0.254 e. The summed E-state index contributed by atoms with van der Waals surface area (Å²) in [7, 11) is -3.85. The van der Waals surface area contributed by atoms with Gasteiger partial charge in [-0.25, -0.2) is 8.42 Å². The molecule has 1 unspecified atom stereocenters. The predicted molar refractivity (Wildman–Crippen MR) is 112 cm³/mol. The fourth-order valence-electron chi connectivity index (χ4n) is 4.22. The number of hydrogen-bond donors (Lipinski definition) is 1. The molecule has 2 amide bonds. The molecule has 2 heterocycles. The molecular formula is C22H25N3O4S. The second-order valence-corrected chi connectivity index (χ2v) is 9.67. The third-order valence-electron chi connectivity index (χ3n) is 5.78. The largest absolute Gasteiger partial charge is 0.354 e. The van der Waals surface area contributed by atoms with Crippen LogP contribution in [0.4, 0.5) is 0 Å². The smallest absolute Gasteiger partial charge is 0.254 e. The van der Waals surface area contributed by atoms with E-state index in [4.69, 9.17) is 0 Å². The number of carbonyl (C=O) groups is 2. The minimum absolute atomic E-state index is 0.00949. The highest BCUT2D eigenvalue weighted by atomic mass is 32.2. The number of likely N-dealkylation sites (tertiary alicyclic amines) is 1. The molecule has 2 aliphatic rings. The van der Waals surface area contributed by atoms with Crippen molar-refractivity contribution in [3.63, 3.8) is 0 Å². The van der Waals surface area contributed by atoms with Crippen molar-refractivity contribution in [1.29, 1.82) is 0 Å². The van der Waals surface area contributed by atoms with Gasteiger partial charge in [0.05, 0.1) is 17.5 Å². The van der Waals surface area contributed by atoms with E-state index in [0.717, 1.165) is 28.3 Å². The first-order valence-corrected chi connectivity index (χ1v) is 11.6. The van der Waals surface area contributed by atoms with Crippen LogP contribution in [0.2, 0.25) is 0 Å². The molecule has 2 saturated heterocycles. The van der Waals surface area contributed by atoms with Crippen LogP contribution < -0.4 is 5.32 Å². The maximum absolute atomic E-state index is 13.3. The molecule has 8 heteroatoms. The van der Waals surface area contributed by atoms with E-state index in [1.54, 1.807) is 12.1 Å². The molecule has 0 aliphatic carbocycles. The quantitative estimate of drug-likeness (QED) is 0.810. The van der Waals surface area contributed by atoms with Crippen LogP contribution in [-0.2, 0) is 14.8 Å². The number of rotatable bonds is 4. The normalized spacial score (nSPS) is 20.2. The van der Waals surface area contributed by atoms with Gasteiger partial charge < -0.3 is 10.2 Å². The number of amides is 2. The average Bonchev–Trinajstić information content (AvgIpc) is 3.23. The minimum atomic E-state index is -3.85. The Labute approximate surface area is 176 Å². The summed E-state index contributed by atoms with van der Waals surface area (Å²) < 4.78 is 27.1. The molecule has 158 valence electrons.